The Kier molecular flexibility index (Phi) is 4.55. The van der Waals surface area contributed by atoms with E-state index in [1.807, 2.05) is 28.5 Å². The van der Waals surface area contributed by atoms with E-state index in [9.17, 15) is 9.90 Å². The number of amides is 1. The molecular formula is C14H19NO2S. The molecule has 2 rings (SSSR count). The van der Waals surface area contributed by atoms with Crippen molar-refractivity contribution in [1.29, 1.82) is 0 Å². The lowest BCUT2D eigenvalue weighted by molar-refractivity contribution is -0.128. The van der Waals surface area contributed by atoms with Crippen LogP contribution in [0.15, 0.2) is 23.6 Å². The summed E-state index contributed by atoms with van der Waals surface area (Å²) in [5.41, 5.74) is 0. The van der Waals surface area contributed by atoms with E-state index in [0.29, 0.717) is 6.54 Å². The zero-order valence-corrected chi connectivity index (χ0v) is 11.4. The lowest BCUT2D eigenvalue weighted by atomic mass is 9.93. The van der Waals surface area contributed by atoms with Gasteiger partial charge in [-0.05, 0) is 37.3 Å². The summed E-state index contributed by atoms with van der Waals surface area (Å²) in [6, 6.07) is 3.96. The predicted octanol–water partition coefficient (Wildman–Crippen LogP) is 2.38. The molecule has 0 saturated carbocycles. The molecule has 1 aromatic rings. The van der Waals surface area contributed by atoms with Gasteiger partial charge in [0.1, 0.15) is 0 Å². The number of likely N-dealkylation sites (tertiary alicyclic amines) is 1. The fourth-order valence-corrected chi connectivity index (χ4v) is 2.87. The molecule has 0 radical (unpaired) electrons. The number of piperidine rings is 1. The van der Waals surface area contributed by atoms with Gasteiger partial charge in [-0.15, -0.1) is 11.3 Å². The highest BCUT2D eigenvalue weighted by atomic mass is 32.1. The zero-order chi connectivity index (χ0) is 13.0. The van der Waals surface area contributed by atoms with Crippen molar-refractivity contribution in [3.05, 3.63) is 28.5 Å². The van der Waals surface area contributed by atoms with E-state index in [4.69, 9.17) is 0 Å². The van der Waals surface area contributed by atoms with Gasteiger partial charge in [0.2, 0.25) is 5.91 Å². The number of rotatable bonds is 3. The molecule has 1 N–H and O–H groups in total. The lowest BCUT2D eigenvalue weighted by Crippen LogP contribution is -2.42. The van der Waals surface area contributed by atoms with Gasteiger partial charge in [-0.1, -0.05) is 6.07 Å². The van der Waals surface area contributed by atoms with Crippen LogP contribution in [0, 0.1) is 5.92 Å². The Hall–Kier alpha value is -1.13. The molecule has 0 aliphatic carbocycles. The molecular weight excluding hydrogens is 246 g/mol. The fourth-order valence-electron chi connectivity index (χ4n) is 2.25. The third kappa shape index (κ3) is 3.43. The second-order valence-corrected chi connectivity index (χ2v) is 5.76. The Morgan fingerprint density at radius 2 is 2.50 bits per heavy atom. The summed E-state index contributed by atoms with van der Waals surface area (Å²) in [5, 5.41) is 11.6. The van der Waals surface area contributed by atoms with Gasteiger partial charge >= 0.3 is 0 Å². The molecule has 1 amide bonds. The minimum absolute atomic E-state index is 0.0498. The summed E-state index contributed by atoms with van der Waals surface area (Å²) in [5.74, 6) is 0.270. The molecule has 4 heteroatoms. The van der Waals surface area contributed by atoms with Gasteiger partial charge in [-0.2, -0.15) is 0 Å². The molecule has 3 nitrogen and oxygen atoms in total. The maximum atomic E-state index is 12.0. The number of carbonyl (C=O) groups excluding carboxylic acids is 1. The SMILES string of the molecule is CC(O)C1CCCN(C(=O)/C=C/c2cccs2)C1. The molecule has 1 aromatic heterocycles. The van der Waals surface area contributed by atoms with Crippen LogP contribution in [0.3, 0.4) is 0 Å². The molecule has 2 heterocycles. The van der Waals surface area contributed by atoms with Gasteiger partial charge < -0.3 is 10.0 Å². The van der Waals surface area contributed by atoms with E-state index in [1.54, 1.807) is 24.3 Å². The Bertz CT molecular complexity index is 411. The number of nitrogens with zero attached hydrogens (tertiary/aromatic N) is 1. The van der Waals surface area contributed by atoms with E-state index < -0.39 is 0 Å². The van der Waals surface area contributed by atoms with Gasteiger partial charge in [-0.3, -0.25) is 4.79 Å². The Morgan fingerprint density at radius 3 is 3.17 bits per heavy atom. The van der Waals surface area contributed by atoms with Crippen LogP contribution in [0.25, 0.3) is 6.08 Å². The van der Waals surface area contributed by atoms with E-state index in [1.165, 1.54) is 0 Å². The number of hydrogen-bond acceptors (Lipinski definition) is 3. The van der Waals surface area contributed by atoms with E-state index >= 15 is 0 Å². The largest absolute Gasteiger partial charge is 0.393 e. The van der Waals surface area contributed by atoms with E-state index in [2.05, 4.69) is 0 Å². The van der Waals surface area contributed by atoms with Crippen LogP contribution < -0.4 is 0 Å². The third-order valence-corrected chi connectivity index (χ3v) is 4.22. The highest BCUT2D eigenvalue weighted by Crippen LogP contribution is 2.20. The summed E-state index contributed by atoms with van der Waals surface area (Å²) in [6.07, 6.45) is 5.15. The minimum Gasteiger partial charge on any atom is -0.393 e. The Labute approximate surface area is 112 Å². The third-order valence-electron chi connectivity index (χ3n) is 3.39. The lowest BCUT2D eigenvalue weighted by Gasteiger charge is -2.33. The van der Waals surface area contributed by atoms with Gasteiger partial charge in [0.05, 0.1) is 6.10 Å². The molecule has 2 unspecified atom stereocenters. The monoisotopic (exact) mass is 265 g/mol. The highest BCUT2D eigenvalue weighted by Gasteiger charge is 2.25. The molecule has 0 bridgehead atoms. The topological polar surface area (TPSA) is 40.5 Å². The first kappa shape index (κ1) is 13.3. The molecule has 18 heavy (non-hydrogen) atoms. The fraction of sp³-hybridized carbons (Fsp3) is 0.500. The Balaban J connectivity index is 1.92. The maximum Gasteiger partial charge on any atom is 0.246 e. The highest BCUT2D eigenvalue weighted by molar-refractivity contribution is 7.10. The molecule has 0 aromatic carbocycles. The first-order chi connectivity index (χ1) is 8.66. The quantitative estimate of drug-likeness (QED) is 0.852. The average molecular weight is 265 g/mol. The summed E-state index contributed by atoms with van der Waals surface area (Å²) in [7, 11) is 0. The standard InChI is InChI=1S/C14H19NO2S/c1-11(16)12-4-2-8-15(10-12)14(17)7-6-13-5-3-9-18-13/h3,5-7,9,11-12,16H,2,4,8,10H2,1H3/b7-6+. The van der Waals surface area contributed by atoms with Crippen LogP contribution in [0.1, 0.15) is 24.6 Å². The van der Waals surface area contributed by atoms with Crippen molar-refractivity contribution in [2.24, 2.45) is 5.92 Å². The van der Waals surface area contributed by atoms with Crippen LogP contribution in [-0.4, -0.2) is 35.1 Å². The number of aliphatic hydroxyl groups is 1. The van der Waals surface area contributed by atoms with Gasteiger partial charge in [0.25, 0.3) is 0 Å². The normalized spacial score (nSPS) is 22.3. The molecule has 0 spiro atoms. The number of carbonyl (C=O) groups is 1. The van der Waals surface area contributed by atoms with Crippen molar-refractivity contribution in [1.82, 2.24) is 4.90 Å². The maximum absolute atomic E-state index is 12.0. The predicted molar refractivity (Wildman–Crippen MR) is 74.3 cm³/mol. The van der Waals surface area contributed by atoms with Crippen LogP contribution in [0.2, 0.25) is 0 Å². The number of aliphatic hydroxyl groups excluding tert-OH is 1. The second-order valence-electron chi connectivity index (χ2n) is 4.78. The summed E-state index contributed by atoms with van der Waals surface area (Å²) >= 11 is 1.62. The van der Waals surface area contributed by atoms with Crippen molar-refractivity contribution >= 4 is 23.3 Å². The van der Waals surface area contributed by atoms with E-state index in [0.717, 1.165) is 24.3 Å². The van der Waals surface area contributed by atoms with Crippen LogP contribution in [0.5, 0.6) is 0 Å². The van der Waals surface area contributed by atoms with Crippen molar-refractivity contribution < 1.29 is 9.90 Å². The smallest absolute Gasteiger partial charge is 0.246 e. The first-order valence-corrected chi connectivity index (χ1v) is 7.23. The van der Waals surface area contributed by atoms with Crippen LogP contribution in [0.4, 0.5) is 0 Å². The van der Waals surface area contributed by atoms with Gasteiger partial charge in [0.15, 0.2) is 0 Å². The second kappa shape index (κ2) is 6.16. The van der Waals surface area contributed by atoms with Crippen molar-refractivity contribution in [2.45, 2.75) is 25.9 Å². The first-order valence-electron chi connectivity index (χ1n) is 6.35. The van der Waals surface area contributed by atoms with Crippen molar-refractivity contribution in [3.8, 4) is 0 Å². The molecule has 1 aliphatic heterocycles. The number of thiophene rings is 1. The summed E-state index contributed by atoms with van der Waals surface area (Å²) < 4.78 is 0. The minimum atomic E-state index is -0.332. The molecule has 1 aliphatic rings. The van der Waals surface area contributed by atoms with Gasteiger partial charge in [-0.25, -0.2) is 0 Å². The van der Waals surface area contributed by atoms with E-state index in [-0.39, 0.29) is 17.9 Å². The molecule has 2 atom stereocenters. The zero-order valence-electron chi connectivity index (χ0n) is 10.6. The van der Waals surface area contributed by atoms with Gasteiger partial charge in [0, 0.05) is 30.0 Å². The molecule has 1 fully saturated rings. The molecule has 1 saturated heterocycles. The average Bonchev–Trinajstić information content (AvgIpc) is 2.89. The van der Waals surface area contributed by atoms with Crippen LogP contribution in [-0.2, 0) is 4.79 Å². The molecule has 98 valence electrons. The number of hydrogen-bond donors (Lipinski definition) is 1. The van der Waals surface area contributed by atoms with Crippen LogP contribution >= 0.6 is 11.3 Å². The van der Waals surface area contributed by atoms with Crippen molar-refractivity contribution in [2.75, 3.05) is 13.1 Å². The summed E-state index contributed by atoms with van der Waals surface area (Å²) in [6.45, 7) is 3.28. The van der Waals surface area contributed by atoms with Crippen molar-refractivity contribution in [3.63, 3.8) is 0 Å². The Morgan fingerprint density at radius 1 is 1.67 bits per heavy atom. The summed E-state index contributed by atoms with van der Waals surface area (Å²) in [4.78, 5) is 15.0.